The van der Waals surface area contributed by atoms with Gasteiger partial charge in [-0.2, -0.15) is 4.98 Å². The standard InChI is InChI=1S/C12H14N4O4/c1-19-7-9(13)6-11-14-12(15-20-11)8-3-2-4-10(5-8)16(17)18/h2-5,9H,6-7,13H2,1H3. The molecule has 1 aromatic heterocycles. The average Bonchev–Trinajstić information content (AvgIpc) is 2.87. The highest BCUT2D eigenvalue weighted by Crippen LogP contribution is 2.21. The summed E-state index contributed by atoms with van der Waals surface area (Å²) in [5.41, 5.74) is 6.29. The molecule has 8 nitrogen and oxygen atoms in total. The number of rotatable bonds is 6. The molecule has 0 aliphatic carbocycles. The van der Waals surface area contributed by atoms with Crippen LogP contribution in [0.25, 0.3) is 11.4 Å². The van der Waals surface area contributed by atoms with Crippen molar-refractivity contribution in [3.05, 3.63) is 40.3 Å². The Hall–Kier alpha value is -2.32. The van der Waals surface area contributed by atoms with E-state index < -0.39 is 4.92 Å². The van der Waals surface area contributed by atoms with Gasteiger partial charge >= 0.3 is 0 Å². The molecule has 0 bridgehead atoms. The summed E-state index contributed by atoms with van der Waals surface area (Å²) >= 11 is 0. The van der Waals surface area contributed by atoms with E-state index in [0.29, 0.717) is 30.3 Å². The molecule has 0 spiro atoms. The molecule has 0 saturated heterocycles. The molecule has 8 heteroatoms. The molecule has 1 aromatic carbocycles. The second kappa shape index (κ2) is 6.22. The van der Waals surface area contributed by atoms with Gasteiger partial charge in [-0.05, 0) is 0 Å². The molecule has 1 atom stereocenters. The SMILES string of the molecule is COCC(N)Cc1nc(-c2cccc([N+](=O)[O-])c2)no1. The number of hydrogen-bond acceptors (Lipinski definition) is 7. The molecular weight excluding hydrogens is 264 g/mol. The lowest BCUT2D eigenvalue weighted by Crippen LogP contribution is -2.28. The number of methoxy groups -OCH3 is 1. The van der Waals surface area contributed by atoms with Crippen molar-refractivity contribution in [2.45, 2.75) is 12.5 Å². The number of nitrogens with zero attached hydrogens (tertiary/aromatic N) is 3. The van der Waals surface area contributed by atoms with Gasteiger partial charge in [0.15, 0.2) is 0 Å². The van der Waals surface area contributed by atoms with E-state index in [1.165, 1.54) is 12.1 Å². The molecule has 0 amide bonds. The van der Waals surface area contributed by atoms with E-state index in [1.807, 2.05) is 0 Å². The van der Waals surface area contributed by atoms with Crippen molar-refractivity contribution in [3.8, 4) is 11.4 Å². The summed E-state index contributed by atoms with van der Waals surface area (Å²) in [6.07, 6.45) is 0.385. The molecule has 0 aliphatic rings. The molecule has 2 rings (SSSR count). The second-order valence-electron chi connectivity index (χ2n) is 4.24. The quantitative estimate of drug-likeness (QED) is 0.622. The van der Waals surface area contributed by atoms with Gasteiger partial charge in [-0.25, -0.2) is 0 Å². The van der Waals surface area contributed by atoms with Gasteiger partial charge in [0.25, 0.3) is 5.69 Å². The average molecular weight is 278 g/mol. The number of benzene rings is 1. The number of ether oxygens (including phenoxy) is 1. The minimum Gasteiger partial charge on any atom is -0.383 e. The third-order valence-corrected chi connectivity index (χ3v) is 2.60. The monoisotopic (exact) mass is 278 g/mol. The minimum absolute atomic E-state index is 0.0232. The molecule has 2 aromatic rings. The van der Waals surface area contributed by atoms with Crippen LogP contribution in [-0.2, 0) is 11.2 Å². The minimum atomic E-state index is -0.473. The topological polar surface area (TPSA) is 117 Å². The Morgan fingerprint density at radius 2 is 2.35 bits per heavy atom. The second-order valence-corrected chi connectivity index (χ2v) is 4.24. The molecule has 1 unspecified atom stereocenters. The van der Waals surface area contributed by atoms with E-state index in [0.717, 1.165) is 0 Å². The van der Waals surface area contributed by atoms with E-state index in [4.69, 9.17) is 15.0 Å². The number of hydrogen-bond donors (Lipinski definition) is 1. The molecule has 20 heavy (non-hydrogen) atoms. The lowest BCUT2D eigenvalue weighted by molar-refractivity contribution is -0.384. The molecule has 0 radical (unpaired) electrons. The fraction of sp³-hybridized carbons (Fsp3) is 0.333. The highest BCUT2D eigenvalue weighted by atomic mass is 16.6. The summed E-state index contributed by atoms with van der Waals surface area (Å²) in [5, 5.41) is 14.5. The molecule has 2 N–H and O–H groups in total. The fourth-order valence-corrected chi connectivity index (χ4v) is 1.71. The third-order valence-electron chi connectivity index (χ3n) is 2.60. The highest BCUT2D eigenvalue weighted by Gasteiger charge is 2.14. The van der Waals surface area contributed by atoms with Gasteiger partial charge in [-0.3, -0.25) is 10.1 Å². The lowest BCUT2D eigenvalue weighted by Gasteiger charge is -2.05. The molecule has 0 aliphatic heterocycles. The predicted octanol–water partition coefficient (Wildman–Crippen LogP) is 1.16. The zero-order valence-corrected chi connectivity index (χ0v) is 10.9. The van der Waals surface area contributed by atoms with Crippen molar-refractivity contribution in [1.29, 1.82) is 0 Å². The van der Waals surface area contributed by atoms with E-state index in [1.54, 1.807) is 19.2 Å². The summed E-state index contributed by atoms with van der Waals surface area (Å²) in [6, 6.07) is 5.80. The predicted molar refractivity (Wildman–Crippen MR) is 69.9 cm³/mol. The first-order valence-electron chi connectivity index (χ1n) is 5.92. The molecule has 106 valence electrons. The van der Waals surface area contributed by atoms with E-state index >= 15 is 0 Å². The first kappa shape index (κ1) is 14.1. The molecule has 0 fully saturated rings. The number of nitrogens with two attached hydrogens (primary N) is 1. The number of non-ortho nitro benzene ring substituents is 1. The van der Waals surface area contributed by atoms with Crippen molar-refractivity contribution < 1.29 is 14.2 Å². The van der Waals surface area contributed by atoms with Gasteiger partial charge in [-0.15, -0.1) is 0 Å². The van der Waals surface area contributed by atoms with Gasteiger partial charge < -0.3 is 15.0 Å². The van der Waals surface area contributed by atoms with Gasteiger partial charge in [0.1, 0.15) is 0 Å². The first-order chi connectivity index (χ1) is 9.60. The summed E-state index contributed by atoms with van der Waals surface area (Å²) in [5.74, 6) is 0.671. The Morgan fingerprint density at radius 1 is 1.55 bits per heavy atom. The zero-order chi connectivity index (χ0) is 14.5. The van der Waals surface area contributed by atoms with Crippen molar-refractivity contribution in [3.63, 3.8) is 0 Å². The Balaban J connectivity index is 2.16. The van der Waals surface area contributed by atoms with Crippen molar-refractivity contribution >= 4 is 5.69 Å². The van der Waals surface area contributed by atoms with Crippen molar-refractivity contribution in [1.82, 2.24) is 10.1 Å². The van der Waals surface area contributed by atoms with Crippen LogP contribution in [0.15, 0.2) is 28.8 Å². The molecule has 1 heterocycles. The molecular formula is C12H14N4O4. The number of nitro benzene ring substituents is 1. The number of aromatic nitrogens is 2. The van der Waals surface area contributed by atoms with Gasteiger partial charge in [0.05, 0.1) is 11.5 Å². The molecule has 0 saturated carbocycles. The maximum atomic E-state index is 10.7. The first-order valence-corrected chi connectivity index (χ1v) is 5.92. The van der Waals surface area contributed by atoms with Crippen LogP contribution in [-0.4, -0.2) is 34.8 Å². The Labute approximate surface area is 114 Å². The van der Waals surface area contributed by atoms with E-state index in [9.17, 15) is 10.1 Å². The van der Waals surface area contributed by atoms with Crippen LogP contribution in [0.1, 0.15) is 5.89 Å². The van der Waals surface area contributed by atoms with Crippen LogP contribution in [0.4, 0.5) is 5.69 Å². The van der Waals surface area contributed by atoms with Gasteiger partial charge in [0.2, 0.25) is 11.7 Å². The van der Waals surface area contributed by atoms with Gasteiger partial charge in [0, 0.05) is 37.3 Å². The third kappa shape index (κ3) is 3.37. The van der Waals surface area contributed by atoms with Crippen LogP contribution in [0.2, 0.25) is 0 Å². The Morgan fingerprint density at radius 3 is 3.05 bits per heavy atom. The van der Waals surface area contributed by atoms with Crippen molar-refractivity contribution in [2.24, 2.45) is 5.73 Å². The summed E-state index contributed by atoms with van der Waals surface area (Å²) in [7, 11) is 1.56. The maximum absolute atomic E-state index is 10.7. The Bertz CT molecular complexity index is 599. The summed E-state index contributed by atoms with van der Waals surface area (Å²) in [4.78, 5) is 14.4. The summed E-state index contributed by atoms with van der Waals surface area (Å²) in [6.45, 7) is 0.383. The van der Waals surface area contributed by atoms with Crippen molar-refractivity contribution in [2.75, 3.05) is 13.7 Å². The van der Waals surface area contributed by atoms with E-state index in [2.05, 4.69) is 10.1 Å². The van der Waals surface area contributed by atoms with Crippen LogP contribution in [0.5, 0.6) is 0 Å². The van der Waals surface area contributed by atoms with Crippen LogP contribution >= 0.6 is 0 Å². The smallest absolute Gasteiger partial charge is 0.270 e. The van der Waals surface area contributed by atoms with Crippen LogP contribution in [0, 0.1) is 10.1 Å². The van der Waals surface area contributed by atoms with E-state index in [-0.39, 0.29) is 11.7 Å². The zero-order valence-electron chi connectivity index (χ0n) is 10.9. The largest absolute Gasteiger partial charge is 0.383 e. The highest BCUT2D eigenvalue weighted by molar-refractivity contribution is 5.58. The Kier molecular flexibility index (Phi) is 4.38. The lowest BCUT2D eigenvalue weighted by atomic mass is 10.2. The fourth-order valence-electron chi connectivity index (χ4n) is 1.71. The number of nitro groups is 1. The van der Waals surface area contributed by atoms with Crippen LogP contribution in [0.3, 0.4) is 0 Å². The maximum Gasteiger partial charge on any atom is 0.270 e. The summed E-state index contributed by atoms with van der Waals surface area (Å²) < 4.78 is 9.99. The normalized spacial score (nSPS) is 12.3. The van der Waals surface area contributed by atoms with Crippen LogP contribution < -0.4 is 5.73 Å². The van der Waals surface area contributed by atoms with Gasteiger partial charge in [-0.1, -0.05) is 17.3 Å².